The van der Waals surface area contributed by atoms with Crippen molar-refractivity contribution in [1.29, 1.82) is 0 Å². The molecule has 0 aromatic rings. The zero-order valence-electron chi connectivity index (χ0n) is 8.36. The van der Waals surface area contributed by atoms with Crippen LogP contribution in [-0.4, -0.2) is 29.0 Å². The minimum absolute atomic E-state index is 0.0459. The average molecular weight is 215 g/mol. The third-order valence-electron chi connectivity index (χ3n) is 2.12. The molecule has 0 bridgehead atoms. The predicted molar refractivity (Wildman–Crippen MR) is 62.4 cm³/mol. The van der Waals surface area contributed by atoms with Gasteiger partial charge in [0.15, 0.2) is 5.96 Å². The first-order valence-corrected chi connectivity index (χ1v) is 5.54. The van der Waals surface area contributed by atoms with Gasteiger partial charge < -0.3 is 17.2 Å². The van der Waals surface area contributed by atoms with Gasteiger partial charge in [-0.25, -0.2) is 0 Å². The molecule has 0 radical (unpaired) electrons. The van der Waals surface area contributed by atoms with Gasteiger partial charge in [0.1, 0.15) is 0 Å². The fourth-order valence-electron chi connectivity index (χ4n) is 1.38. The monoisotopic (exact) mass is 215 g/mol. The molecule has 1 fully saturated rings. The van der Waals surface area contributed by atoms with Crippen molar-refractivity contribution in [2.24, 2.45) is 27.2 Å². The predicted octanol–water partition coefficient (Wildman–Crippen LogP) is -0.140. The number of nitrogens with zero attached hydrogens (tertiary/aromatic N) is 2. The highest BCUT2D eigenvalue weighted by molar-refractivity contribution is 8.00. The van der Waals surface area contributed by atoms with Gasteiger partial charge in [0.05, 0.1) is 6.54 Å². The van der Waals surface area contributed by atoms with Gasteiger partial charge in [0.25, 0.3) is 0 Å². The van der Waals surface area contributed by atoms with E-state index in [0.29, 0.717) is 6.54 Å². The van der Waals surface area contributed by atoms with Gasteiger partial charge in [-0.2, -0.15) is 16.8 Å². The van der Waals surface area contributed by atoms with Crippen LogP contribution in [0.25, 0.3) is 0 Å². The molecule has 80 valence electrons. The Hall–Kier alpha value is -0.910. The van der Waals surface area contributed by atoms with Crippen LogP contribution < -0.4 is 17.2 Å². The molecule has 0 aromatic carbocycles. The minimum Gasteiger partial charge on any atom is -0.370 e. The van der Waals surface area contributed by atoms with Gasteiger partial charge in [-0.15, -0.1) is 0 Å². The minimum atomic E-state index is -0.0459. The van der Waals surface area contributed by atoms with Gasteiger partial charge in [-0.05, 0) is 25.5 Å². The summed E-state index contributed by atoms with van der Waals surface area (Å²) in [5, 5.41) is 0. The van der Waals surface area contributed by atoms with Crippen molar-refractivity contribution in [1.82, 2.24) is 0 Å². The lowest BCUT2D eigenvalue weighted by atomic mass is 10.1. The van der Waals surface area contributed by atoms with Crippen LogP contribution in [0, 0.1) is 0 Å². The molecule has 1 rings (SSSR count). The van der Waals surface area contributed by atoms with E-state index >= 15 is 0 Å². The fraction of sp³-hybridized carbons (Fsp3) is 0.750. The molecule has 6 heteroatoms. The number of hydrogen-bond donors (Lipinski definition) is 3. The molecule has 0 saturated carbocycles. The maximum Gasteiger partial charge on any atom is 0.218 e. The number of thioether (sulfide) groups is 1. The summed E-state index contributed by atoms with van der Waals surface area (Å²) < 4.78 is 0.212. The van der Waals surface area contributed by atoms with E-state index in [-0.39, 0.29) is 16.7 Å². The van der Waals surface area contributed by atoms with Crippen LogP contribution in [0.1, 0.15) is 19.8 Å². The zero-order chi connectivity index (χ0) is 10.6. The van der Waals surface area contributed by atoms with E-state index in [1.54, 1.807) is 0 Å². The summed E-state index contributed by atoms with van der Waals surface area (Å²) in [4.78, 5) is 7.80. The molecular weight excluding hydrogens is 198 g/mol. The second kappa shape index (κ2) is 4.54. The Morgan fingerprint density at radius 1 is 1.43 bits per heavy atom. The average Bonchev–Trinajstić information content (AvgIpc) is 2.49. The summed E-state index contributed by atoms with van der Waals surface area (Å²) in [5.41, 5.74) is 15.8. The van der Waals surface area contributed by atoms with Crippen LogP contribution in [0.15, 0.2) is 9.98 Å². The molecular formula is C8H17N5S. The first-order valence-electron chi connectivity index (χ1n) is 4.55. The Balaban J connectivity index is 2.49. The molecule has 5 nitrogen and oxygen atoms in total. The van der Waals surface area contributed by atoms with Crippen LogP contribution in [0.5, 0.6) is 0 Å². The normalized spacial score (nSPS) is 27.6. The number of aliphatic imine (C=N–C) groups is 2. The Labute approximate surface area is 88.2 Å². The summed E-state index contributed by atoms with van der Waals surface area (Å²) in [5.74, 6) is 1.32. The van der Waals surface area contributed by atoms with Crippen LogP contribution in [0.2, 0.25) is 0 Å². The van der Waals surface area contributed by atoms with E-state index in [1.165, 1.54) is 18.6 Å². The van der Waals surface area contributed by atoms with Crippen molar-refractivity contribution >= 4 is 23.7 Å². The Bertz CT molecular complexity index is 250. The summed E-state index contributed by atoms with van der Waals surface area (Å²) in [6, 6.07) is 0. The Kier molecular flexibility index (Phi) is 3.62. The van der Waals surface area contributed by atoms with Crippen molar-refractivity contribution < 1.29 is 0 Å². The molecule has 1 aliphatic heterocycles. The number of hydrogen-bond acceptors (Lipinski definition) is 2. The lowest BCUT2D eigenvalue weighted by molar-refractivity contribution is 0.618. The topological polar surface area (TPSA) is 103 Å². The maximum atomic E-state index is 5.50. The highest BCUT2D eigenvalue weighted by atomic mass is 32.2. The first-order chi connectivity index (χ1) is 6.52. The van der Waals surface area contributed by atoms with Crippen molar-refractivity contribution in [3.63, 3.8) is 0 Å². The highest BCUT2D eigenvalue weighted by Gasteiger charge is 2.28. The van der Waals surface area contributed by atoms with Crippen molar-refractivity contribution in [2.75, 3.05) is 12.3 Å². The lowest BCUT2D eigenvalue weighted by Crippen LogP contribution is -2.28. The molecule has 0 amide bonds. The van der Waals surface area contributed by atoms with E-state index in [4.69, 9.17) is 17.2 Å². The fourth-order valence-corrected chi connectivity index (χ4v) is 2.60. The third-order valence-corrected chi connectivity index (χ3v) is 3.64. The third kappa shape index (κ3) is 3.45. The van der Waals surface area contributed by atoms with Crippen LogP contribution in [-0.2, 0) is 0 Å². The second-order valence-corrected chi connectivity index (χ2v) is 5.30. The number of guanidine groups is 2. The lowest BCUT2D eigenvalue weighted by Gasteiger charge is -2.19. The summed E-state index contributed by atoms with van der Waals surface area (Å²) in [7, 11) is 0. The van der Waals surface area contributed by atoms with Gasteiger partial charge in [0.2, 0.25) is 5.96 Å². The van der Waals surface area contributed by atoms with E-state index in [1.807, 2.05) is 11.8 Å². The van der Waals surface area contributed by atoms with Gasteiger partial charge in [-0.3, -0.25) is 4.99 Å². The van der Waals surface area contributed by atoms with Crippen LogP contribution >= 0.6 is 11.8 Å². The molecule has 1 unspecified atom stereocenters. The largest absolute Gasteiger partial charge is 0.370 e. The standard InChI is InChI=1S/C8H17N5S/c1-8(3-2-4-14-8)5-12-7(11)13-6(9)10/h2-5H2,1H3,(H6,9,10,11,12,13). The molecule has 14 heavy (non-hydrogen) atoms. The van der Waals surface area contributed by atoms with Gasteiger partial charge in [-0.1, -0.05) is 0 Å². The molecule has 0 aromatic heterocycles. The maximum absolute atomic E-state index is 5.50. The molecule has 0 aliphatic carbocycles. The zero-order valence-corrected chi connectivity index (χ0v) is 9.18. The van der Waals surface area contributed by atoms with E-state index in [0.717, 1.165) is 0 Å². The van der Waals surface area contributed by atoms with Crippen molar-refractivity contribution in [3.8, 4) is 0 Å². The van der Waals surface area contributed by atoms with Crippen LogP contribution in [0.4, 0.5) is 0 Å². The summed E-state index contributed by atoms with van der Waals surface area (Å²) >= 11 is 1.93. The van der Waals surface area contributed by atoms with E-state index < -0.39 is 0 Å². The van der Waals surface area contributed by atoms with Crippen LogP contribution in [0.3, 0.4) is 0 Å². The van der Waals surface area contributed by atoms with E-state index in [9.17, 15) is 0 Å². The highest BCUT2D eigenvalue weighted by Crippen LogP contribution is 2.37. The van der Waals surface area contributed by atoms with Gasteiger partial charge in [0, 0.05) is 4.75 Å². The van der Waals surface area contributed by atoms with Crippen molar-refractivity contribution in [2.45, 2.75) is 24.5 Å². The quantitative estimate of drug-likeness (QED) is 0.440. The Morgan fingerprint density at radius 3 is 2.64 bits per heavy atom. The number of rotatable bonds is 2. The summed E-state index contributed by atoms with van der Waals surface area (Å²) in [6.07, 6.45) is 2.43. The smallest absolute Gasteiger partial charge is 0.218 e. The SMILES string of the molecule is CC1(CN=C(N)N=C(N)N)CCCS1. The number of nitrogens with two attached hydrogens (primary N) is 3. The molecule has 1 aliphatic rings. The van der Waals surface area contributed by atoms with Crippen molar-refractivity contribution in [3.05, 3.63) is 0 Å². The molecule has 6 N–H and O–H groups in total. The molecule has 1 heterocycles. The first kappa shape index (κ1) is 11.2. The Morgan fingerprint density at radius 2 is 2.14 bits per heavy atom. The van der Waals surface area contributed by atoms with E-state index in [2.05, 4.69) is 16.9 Å². The second-order valence-electron chi connectivity index (χ2n) is 3.61. The summed E-state index contributed by atoms with van der Waals surface area (Å²) in [6.45, 7) is 2.87. The molecule has 1 atom stereocenters. The van der Waals surface area contributed by atoms with Gasteiger partial charge >= 0.3 is 0 Å². The molecule has 1 saturated heterocycles. The molecule has 0 spiro atoms.